The van der Waals surface area contributed by atoms with Crippen molar-refractivity contribution in [1.29, 1.82) is 0 Å². The van der Waals surface area contributed by atoms with Crippen molar-refractivity contribution in [2.75, 3.05) is 25.6 Å². The minimum Gasteiger partial charge on any atom is -0.462 e. The van der Waals surface area contributed by atoms with Crippen molar-refractivity contribution >= 4 is 33.4 Å². The van der Waals surface area contributed by atoms with Gasteiger partial charge in [-0.2, -0.15) is 9.29 Å². The largest absolute Gasteiger partial charge is 0.481 e. The average molecular weight is 1040 g/mol. The van der Waals surface area contributed by atoms with Crippen LogP contribution in [-0.4, -0.2) is 96.9 Å². The molecule has 1 aliphatic rings. The van der Waals surface area contributed by atoms with Crippen LogP contribution in [-0.2, 0) is 46.3 Å². The molecule has 1 aromatic heterocycles. The number of unbranched alkanes of at least 4 members (excludes halogenated alkanes) is 13. The van der Waals surface area contributed by atoms with Crippen LogP contribution < -0.4 is 11.4 Å². The fraction of sp³-hybridized carbons (Fsp3) is 0.640. The number of carbonyl (C=O) groups excluding carboxylic acids is 2. The van der Waals surface area contributed by atoms with E-state index in [1.54, 1.807) is 6.08 Å². The Kier molecular flexibility index (Phi) is 33.7. The maximum Gasteiger partial charge on any atom is 0.481 e. The average Bonchev–Trinajstić information content (AvgIpc) is 3.60. The first-order chi connectivity index (χ1) is 34.1. The van der Waals surface area contributed by atoms with Crippen molar-refractivity contribution in [3.05, 3.63) is 95.7 Å². The Bertz CT molecular complexity index is 1990. The molecule has 2 unspecified atom stereocenters. The minimum atomic E-state index is -5.45. The van der Waals surface area contributed by atoms with Gasteiger partial charge in [-0.1, -0.05) is 138 Å². The highest BCUT2D eigenvalue weighted by Crippen LogP contribution is 2.60. The number of aliphatic hydroxyl groups is 3. The topological polar surface area (TPSA) is 286 Å². The summed E-state index contributed by atoms with van der Waals surface area (Å²) in [5.74, 6) is -1.44. The van der Waals surface area contributed by atoms with E-state index in [1.807, 2.05) is 36.5 Å². The summed E-state index contributed by atoms with van der Waals surface area (Å²) in [5.41, 5.74) is 4.57. The third kappa shape index (κ3) is 30.7. The van der Waals surface area contributed by atoms with Crippen LogP contribution >= 0.6 is 15.6 Å². The van der Waals surface area contributed by atoms with Gasteiger partial charge in [-0.15, -0.1) is 0 Å². The summed E-state index contributed by atoms with van der Waals surface area (Å²) < 4.78 is 56.6. The second-order valence-electron chi connectivity index (χ2n) is 17.2. The highest BCUT2D eigenvalue weighted by atomic mass is 31.3. The van der Waals surface area contributed by atoms with Gasteiger partial charge in [-0.3, -0.25) is 23.2 Å². The van der Waals surface area contributed by atoms with E-state index in [1.165, 1.54) is 44.6 Å². The lowest BCUT2D eigenvalue weighted by molar-refractivity contribution is -0.161. The van der Waals surface area contributed by atoms with Gasteiger partial charge in [0.25, 0.3) is 0 Å². The number of nitrogen functional groups attached to an aromatic ring is 1. The van der Waals surface area contributed by atoms with Crippen LogP contribution in [0, 0.1) is 0 Å². The molecule has 402 valence electrons. The van der Waals surface area contributed by atoms with E-state index in [4.69, 9.17) is 29.0 Å². The van der Waals surface area contributed by atoms with Gasteiger partial charge in [-0.25, -0.2) is 13.9 Å². The molecule has 1 fully saturated rings. The number of aliphatic hydroxyl groups excluding tert-OH is 3. The van der Waals surface area contributed by atoms with Gasteiger partial charge < -0.3 is 45.1 Å². The second kappa shape index (κ2) is 37.8. The highest BCUT2D eigenvalue weighted by molar-refractivity contribution is 7.61. The number of rotatable bonds is 40. The zero-order valence-corrected chi connectivity index (χ0v) is 43.4. The lowest BCUT2D eigenvalue weighted by Crippen LogP contribution is -2.36. The molecule has 21 heteroatoms. The highest BCUT2D eigenvalue weighted by Gasteiger charge is 2.46. The summed E-state index contributed by atoms with van der Waals surface area (Å²) in [6, 6.07) is 1.24. The molecule has 0 aromatic carbocycles. The van der Waals surface area contributed by atoms with E-state index in [-0.39, 0.29) is 18.7 Å². The predicted molar refractivity (Wildman–Crippen MR) is 271 cm³/mol. The summed E-state index contributed by atoms with van der Waals surface area (Å²) in [7, 11) is -10.9. The first-order valence-electron chi connectivity index (χ1n) is 25.1. The molecule has 1 aromatic rings. The number of esters is 2. The zero-order valence-electron chi connectivity index (χ0n) is 41.6. The number of anilines is 1. The number of nitrogens with two attached hydrogens (primary N) is 1. The summed E-state index contributed by atoms with van der Waals surface area (Å²) in [6.07, 6.45) is 34.4. The first-order valence-corrected chi connectivity index (χ1v) is 28.1. The summed E-state index contributed by atoms with van der Waals surface area (Å²) >= 11 is 0. The summed E-state index contributed by atoms with van der Waals surface area (Å²) in [6.45, 7) is 1.94. The number of hydrogen-bond donors (Lipinski definition) is 6. The molecule has 1 saturated heterocycles. The number of hydrogen-bond acceptors (Lipinski definition) is 16. The third-order valence-corrected chi connectivity index (χ3v) is 13.5. The number of ether oxygens (including phenoxy) is 3. The minimum absolute atomic E-state index is 0.0666. The number of phosphoric ester groups is 2. The van der Waals surface area contributed by atoms with Crippen molar-refractivity contribution in [1.82, 2.24) is 9.55 Å². The van der Waals surface area contributed by atoms with Crippen molar-refractivity contribution in [3.63, 3.8) is 0 Å². The first kappa shape index (κ1) is 63.3. The molecule has 0 aliphatic carbocycles. The molecular formula is C50H81N3O16P2. The Morgan fingerprint density at radius 3 is 2.01 bits per heavy atom. The molecule has 0 spiro atoms. The van der Waals surface area contributed by atoms with E-state index in [9.17, 15) is 48.6 Å². The van der Waals surface area contributed by atoms with Gasteiger partial charge in [0, 0.05) is 19.0 Å². The molecule has 2 heterocycles. The summed E-state index contributed by atoms with van der Waals surface area (Å²) in [5, 5.41) is 31.0. The van der Waals surface area contributed by atoms with Gasteiger partial charge in [0.15, 0.2) is 12.3 Å². The van der Waals surface area contributed by atoms with Crippen LogP contribution in [0.15, 0.2) is 90.0 Å². The fourth-order valence-electron chi connectivity index (χ4n) is 6.90. The number of aromatic nitrogens is 2. The lowest BCUT2D eigenvalue weighted by atomic mass is 10.1. The Hall–Kier alpha value is -3.84. The number of allylic oxidation sites excluding steroid dienone is 10. The Balaban J connectivity index is 1.86. The maximum atomic E-state index is 12.8. The van der Waals surface area contributed by atoms with Gasteiger partial charge >= 0.3 is 33.3 Å². The molecule has 0 radical (unpaired) electrons. The van der Waals surface area contributed by atoms with Gasteiger partial charge in [0.05, 0.1) is 19.3 Å². The third-order valence-electron chi connectivity index (χ3n) is 10.9. The molecule has 0 amide bonds. The van der Waals surface area contributed by atoms with Crippen molar-refractivity contribution in [2.24, 2.45) is 0 Å². The van der Waals surface area contributed by atoms with E-state index in [2.05, 4.69) is 53.5 Å². The van der Waals surface area contributed by atoms with E-state index in [0.717, 1.165) is 62.1 Å². The van der Waals surface area contributed by atoms with Gasteiger partial charge in [0.2, 0.25) is 0 Å². The van der Waals surface area contributed by atoms with Crippen LogP contribution in [0.5, 0.6) is 0 Å². The van der Waals surface area contributed by atoms with E-state index >= 15 is 0 Å². The van der Waals surface area contributed by atoms with Gasteiger partial charge in [-0.05, 0) is 76.7 Å². The van der Waals surface area contributed by atoms with Crippen LogP contribution in [0.25, 0.3) is 0 Å². The monoisotopic (exact) mass is 1040 g/mol. The quantitative estimate of drug-likeness (QED) is 0.0117. The van der Waals surface area contributed by atoms with Crippen LogP contribution in [0.1, 0.15) is 155 Å². The zero-order chi connectivity index (χ0) is 52.2. The number of phosphoric acid groups is 2. The van der Waals surface area contributed by atoms with Gasteiger partial charge in [0.1, 0.15) is 30.7 Å². The van der Waals surface area contributed by atoms with Crippen LogP contribution in [0.4, 0.5) is 5.82 Å². The Morgan fingerprint density at radius 2 is 1.32 bits per heavy atom. The standard InChI is InChI=1S/C50H81N3O16P2/c1-3-5-7-9-11-12-13-14-15-16-17-18-22-26-30-34-45(55)64-38-42(67-46(56)35-31-27-23-19-21-25-29-33-41(54)32-28-24-20-10-8-6-4-2)39-65-70(60,61)69-71(62,63)66-40-43-47(57)48(58)49(68-43)53-37-36-44(51)52-50(53)59/h12-15,19-20,23-25,28-29,32,36-37,41-43,47-49,54,57-58H,3-11,16-18,21-22,26-27,30-31,33-35,38-40H2,1-2H3,(H,60,61)(H,62,63)(H2,51,52,59)/b13-12-,15-14-,23-19+,24-20-,29-25-,32-28-/t41-,42+,43+,47+,48+,49+/m0/s1. The fourth-order valence-corrected chi connectivity index (χ4v) is 9.02. The molecule has 0 saturated carbocycles. The van der Waals surface area contributed by atoms with Crippen molar-refractivity contribution < 1.29 is 71.4 Å². The predicted octanol–water partition coefficient (Wildman–Crippen LogP) is 9.08. The molecule has 7 N–H and O–H groups in total. The second-order valence-corrected chi connectivity index (χ2v) is 20.2. The van der Waals surface area contributed by atoms with Crippen molar-refractivity contribution in [2.45, 2.75) is 185 Å². The molecule has 19 nitrogen and oxygen atoms in total. The van der Waals surface area contributed by atoms with E-state index < -0.39 is 89.8 Å². The molecule has 1 aliphatic heterocycles. The lowest BCUT2D eigenvalue weighted by Gasteiger charge is -2.21. The molecule has 0 bridgehead atoms. The number of carbonyl (C=O) groups is 2. The molecule has 2 rings (SSSR count). The van der Waals surface area contributed by atoms with E-state index in [0.29, 0.717) is 32.1 Å². The normalized spacial score (nSPS) is 20.2. The molecular weight excluding hydrogens is 961 g/mol. The molecule has 8 atom stereocenters. The van der Waals surface area contributed by atoms with Crippen molar-refractivity contribution in [3.8, 4) is 0 Å². The van der Waals surface area contributed by atoms with Crippen LogP contribution in [0.2, 0.25) is 0 Å². The Morgan fingerprint density at radius 1 is 0.746 bits per heavy atom. The molecule has 71 heavy (non-hydrogen) atoms. The smallest absolute Gasteiger partial charge is 0.462 e. The maximum absolute atomic E-state index is 12.8. The summed E-state index contributed by atoms with van der Waals surface area (Å²) in [4.78, 5) is 61.8. The van der Waals surface area contributed by atoms with Crippen LogP contribution in [0.3, 0.4) is 0 Å². The number of nitrogens with zero attached hydrogens (tertiary/aromatic N) is 2. The Labute approximate surface area is 419 Å². The SMILES string of the molecule is CCCCC/C=C\C=C/[C@H](O)C/C=C\C/C=C/CCCC(=O)O[C@H](COC(=O)CCCCCCC/C=C\C=C/CCCCCC)COP(=O)(O)OP(=O)(O)OC[C@H]1O[C@@H](n2ccc(N)nc2=O)[C@H](O)[C@@H]1O.